The van der Waals surface area contributed by atoms with Crippen molar-refractivity contribution in [1.29, 1.82) is 0 Å². The molecular weight excluding hydrogens is 480 g/mol. The number of carbonyl (C=O) groups is 3. The standard InChI is InChI=1S/3C5H8ClNO2.Fe/c3*1-3(8)4(6)5(9)7-2;/h3*7,9H,1-2H3;. The first kappa shape index (κ1) is 34.0. The van der Waals surface area contributed by atoms with Crippen molar-refractivity contribution in [3.8, 4) is 0 Å². The summed E-state index contributed by atoms with van der Waals surface area (Å²) in [6.45, 7) is 3.82. The average molecular weight is 505 g/mol. The largest absolute Gasteiger partial charge is 0.494 e. The summed E-state index contributed by atoms with van der Waals surface area (Å²) in [5.74, 6) is -1.94. The summed E-state index contributed by atoms with van der Waals surface area (Å²) < 4.78 is 0. The van der Waals surface area contributed by atoms with Crippen molar-refractivity contribution in [3.63, 3.8) is 0 Å². The maximum atomic E-state index is 10.4. The average Bonchev–Trinajstić information content (AvgIpc) is 2.64. The molecule has 0 rings (SSSR count). The molecule has 0 aliphatic rings. The second kappa shape index (κ2) is 18.8. The Morgan fingerprint density at radius 2 is 0.714 bits per heavy atom. The molecule has 13 heteroatoms. The number of Topliss-reactive ketones (excluding diaryl/α,β-unsaturated/α-hetero) is 3. The zero-order chi connectivity index (χ0) is 22.3. The van der Waals surface area contributed by atoms with Gasteiger partial charge in [0.25, 0.3) is 0 Å². The second-order valence-corrected chi connectivity index (χ2v) is 5.54. The number of aliphatic hydroxyl groups is 3. The van der Waals surface area contributed by atoms with Crippen molar-refractivity contribution >= 4 is 52.2 Å². The van der Waals surface area contributed by atoms with Gasteiger partial charge in [-0.2, -0.15) is 0 Å². The zero-order valence-electron chi connectivity index (χ0n) is 16.1. The van der Waals surface area contributed by atoms with Gasteiger partial charge in [-0.15, -0.1) is 0 Å². The fourth-order valence-corrected chi connectivity index (χ4v) is 1.11. The molecule has 164 valence electrons. The molecule has 0 radical (unpaired) electrons. The van der Waals surface area contributed by atoms with Crippen LogP contribution >= 0.6 is 34.8 Å². The third kappa shape index (κ3) is 16.6. The van der Waals surface area contributed by atoms with Crippen LogP contribution in [0.1, 0.15) is 20.8 Å². The first-order valence-corrected chi connectivity index (χ1v) is 8.23. The summed E-state index contributed by atoms with van der Waals surface area (Å²) in [7, 11) is 4.42. The number of carbonyl (C=O) groups excluding carboxylic acids is 3. The fraction of sp³-hybridized carbons (Fsp3) is 0.400. The molecule has 0 amide bonds. The van der Waals surface area contributed by atoms with Crippen LogP contribution in [0, 0.1) is 0 Å². The summed E-state index contributed by atoms with van der Waals surface area (Å²) in [4.78, 5) is 31.1. The van der Waals surface area contributed by atoms with E-state index in [9.17, 15) is 14.4 Å². The third-order valence-corrected chi connectivity index (χ3v) is 3.60. The van der Waals surface area contributed by atoms with Crippen molar-refractivity contribution in [3.05, 3.63) is 32.7 Å². The molecule has 0 aromatic heterocycles. The van der Waals surface area contributed by atoms with E-state index in [1.165, 1.54) is 41.9 Å². The Bertz CT molecular complexity index is 551. The molecule has 0 saturated carbocycles. The molecular formula is C15H24Cl3FeN3O6. The van der Waals surface area contributed by atoms with Gasteiger partial charge in [0.15, 0.2) is 17.3 Å². The van der Waals surface area contributed by atoms with Crippen LogP contribution in [-0.4, -0.2) is 53.8 Å². The number of hydrogen-bond acceptors (Lipinski definition) is 9. The summed E-state index contributed by atoms with van der Waals surface area (Å²) in [6, 6.07) is 0. The first-order valence-electron chi connectivity index (χ1n) is 7.10. The predicted molar refractivity (Wildman–Crippen MR) is 106 cm³/mol. The van der Waals surface area contributed by atoms with Gasteiger partial charge in [0.1, 0.15) is 15.1 Å². The van der Waals surface area contributed by atoms with Gasteiger partial charge in [0.2, 0.25) is 17.6 Å². The van der Waals surface area contributed by atoms with Gasteiger partial charge in [-0.05, 0) is 0 Å². The zero-order valence-corrected chi connectivity index (χ0v) is 19.4. The number of ketones is 3. The molecule has 28 heavy (non-hydrogen) atoms. The van der Waals surface area contributed by atoms with Crippen LogP contribution in [0.15, 0.2) is 32.7 Å². The smallest absolute Gasteiger partial charge is 0.206 e. The summed E-state index contributed by atoms with van der Waals surface area (Å²) in [5.41, 5.74) is 0. The van der Waals surface area contributed by atoms with E-state index in [0.717, 1.165) is 0 Å². The molecule has 0 aliphatic heterocycles. The molecule has 6 N–H and O–H groups in total. The Labute approximate surface area is 189 Å². The van der Waals surface area contributed by atoms with E-state index in [1.807, 2.05) is 0 Å². The molecule has 0 aromatic rings. The van der Waals surface area contributed by atoms with E-state index in [2.05, 4.69) is 16.0 Å². The Kier molecular flexibility index (Phi) is 22.8. The molecule has 0 fully saturated rings. The van der Waals surface area contributed by atoms with Crippen molar-refractivity contribution in [1.82, 2.24) is 16.0 Å². The Morgan fingerprint density at radius 3 is 0.750 bits per heavy atom. The van der Waals surface area contributed by atoms with Gasteiger partial charge in [0.05, 0.1) is 0 Å². The topological polar surface area (TPSA) is 148 Å². The molecule has 0 heterocycles. The maximum absolute atomic E-state index is 10.4. The Morgan fingerprint density at radius 1 is 0.571 bits per heavy atom. The van der Waals surface area contributed by atoms with Gasteiger partial charge in [-0.3, -0.25) is 14.4 Å². The van der Waals surface area contributed by atoms with Crippen LogP contribution in [0.25, 0.3) is 0 Å². The van der Waals surface area contributed by atoms with Gasteiger partial charge < -0.3 is 31.3 Å². The van der Waals surface area contributed by atoms with E-state index < -0.39 is 0 Å². The number of aliphatic hydroxyl groups excluding tert-OH is 3. The van der Waals surface area contributed by atoms with E-state index in [0.29, 0.717) is 0 Å². The molecule has 0 aliphatic carbocycles. The van der Waals surface area contributed by atoms with Crippen LogP contribution in [0.2, 0.25) is 0 Å². The van der Waals surface area contributed by atoms with Gasteiger partial charge in [0, 0.05) is 59.0 Å². The van der Waals surface area contributed by atoms with Crippen molar-refractivity contribution in [2.45, 2.75) is 20.8 Å². The molecule has 0 unspecified atom stereocenters. The number of rotatable bonds is 6. The second-order valence-electron chi connectivity index (χ2n) is 4.41. The van der Waals surface area contributed by atoms with E-state index in [1.54, 1.807) is 0 Å². The SMILES string of the molecule is CNC(O)=C(Cl)C(C)=O.CNC(O)=C(Cl)C(C)=O.CNC(O)=C(Cl)C(C)=O.[Fe]. The molecule has 0 bridgehead atoms. The number of nitrogens with one attached hydrogen (secondary N) is 3. The van der Waals surface area contributed by atoms with E-state index in [-0.39, 0.29) is 67.2 Å². The quantitative estimate of drug-likeness (QED) is 0.182. The summed E-state index contributed by atoms with van der Waals surface area (Å²) in [5, 5.41) is 32.6. The molecule has 9 nitrogen and oxygen atoms in total. The Hall–Kier alpha value is -1.58. The summed E-state index contributed by atoms with van der Waals surface area (Å²) >= 11 is 15.9. The minimum atomic E-state index is -0.358. The van der Waals surface area contributed by atoms with Crippen molar-refractivity contribution in [2.75, 3.05) is 21.1 Å². The van der Waals surface area contributed by atoms with Crippen LogP contribution in [-0.2, 0) is 31.5 Å². The number of allylic oxidation sites excluding steroid dienone is 3. The third-order valence-electron chi connectivity index (χ3n) is 2.26. The van der Waals surface area contributed by atoms with Gasteiger partial charge in [-0.1, -0.05) is 34.8 Å². The van der Waals surface area contributed by atoms with E-state index >= 15 is 0 Å². The molecule has 0 spiro atoms. The minimum Gasteiger partial charge on any atom is -0.494 e. The van der Waals surface area contributed by atoms with Gasteiger partial charge in [-0.25, -0.2) is 0 Å². The van der Waals surface area contributed by atoms with Crippen LogP contribution in [0.3, 0.4) is 0 Å². The van der Waals surface area contributed by atoms with Crippen LogP contribution in [0.5, 0.6) is 0 Å². The van der Waals surface area contributed by atoms with Crippen molar-refractivity contribution in [2.24, 2.45) is 0 Å². The van der Waals surface area contributed by atoms with Crippen LogP contribution < -0.4 is 16.0 Å². The Balaban J connectivity index is -0.000000152. The first-order chi connectivity index (χ1) is 12.3. The van der Waals surface area contributed by atoms with Crippen molar-refractivity contribution < 1.29 is 46.8 Å². The maximum Gasteiger partial charge on any atom is 0.206 e. The van der Waals surface area contributed by atoms with Gasteiger partial charge >= 0.3 is 0 Å². The van der Waals surface area contributed by atoms with E-state index in [4.69, 9.17) is 50.1 Å². The summed E-state index contributed by atoms with van der Waals surface area (Å²) in [6.07, 6.45) is 0. The number of hydrogen-bond donors (Lipinski definition) is 6. The monoisotopic (exact) mass is 503 g/mol. The predicted octanol–water partition coefficient (Wildman–Crippen LogP) is 2.28. The number of halogens is 3. The molecule has 0 atom stereocenters. The van der Waals surface area contributed by atoms with Crippen LogP contribution in [0.4, 0.5) is 0 Å². The fourth-order valence-electron chi connectivity index (χ4n) is 0.829. The normalized spacial score (nSPS) is 11.9. The molecule has 0 saturated heterocycles. The molecule has 0 aromatic carbocycles. The minimum absolute atomic E-state index is 0.